The number of para-hydroxylation sites is 1. The molecular weight excluding hydrogens is 226 g/mol. The van der Waals surface area contributed by atoms with E-state index in [0.717, 1.165) is 44.5 Å². The van der Waals surface area contributed by atoms with Gasteiger partial charge in [0.15, 0.2) is 0 Å². The molecular formula is C15H23NO2. The molecule has 1 aromatic rings. The lowest BCUT2D eigenvalue weighted by Gasteiger charge is -2.20. The summed E-state index contributed by atoms with van der Waals surface area (Å²) in [5.74, 6) is 1.05. The van der Waals surface area contributed by atoms with Crippen LogP contribution in [0.25, 0.3) is 0 Å². The van der Waals surface area contributed by atoms with E-state index < -0.39 is 0 Å². The summed E-state index contributed by atoms with van der Waals surface area (Å²) in [7, 11) is 2.14. The van der Waals surface area contributed by atoms with Crippen LogP contribution in [0.15, 0.2) is 24.3 Å². The van der Waals surface area contributed by atoms with Crippen LogP contribution in [0.2, 0.25) is 0 Å². The molecule has 0 radical (unpaired) electrons. The molecule has 2 rings (SSSR count). The lowest BCUT2D eigenvalue weighted by molar-refractivity contribution is 0.166. The largest absolute Gasteiger partial charge is 0.488 e. The van der Waals surface area contributed by atoms with Gasteiger partial charge in [-0.2, -0.15) is 0 Å². The molecule has 1 aromatic carbocycles. The smallest absolute Gasteiger partial charge is 0.123 e. The predicted molar refractivity (Wildman–Crippen MR) is 73.0 cm³/mol. The van der Waals surface area contributed by atoms with Crippen molar-refractivity contribution in [3.05, 3.63) is 29.8 Å². The third-order valence-electron chi connectivity index (χ3n) is 3.43. The van der Waals surface area contributed by atoms with Crippen LogP contribution in [-0.4, -0.2) is 42.9 Å². The molecule has 1 aliphatic heterocycles. The van der Waals surface area contributed by atoms with Crippen LogP contribution in [0.1, 0.15) is 24.8 Å². The fourth-order valence-corrected chi connectivity index (χ4v) is 2.46. The highest BCUT2D eigenvalue weighted by molar-refractivity contribution is 5.37. The summed E-state index contributed by atoms with van der Waals surface area (Å²) >= 11 is 0. The van der Waals surface area contributed by atoms with E-state index >= 15 is 0 Å². The lowest BCUT2D eigenvalue weighted by Crippen LogP contribution is -2.32. The summed E-state index contributed by atoms with van der Waals surface area (Å²) < 4.78 is 5.92. The Bertz CT molecular complexity index is 342. The molecule has 3 nitrogen and oxygen atoms in total. The van der Waals surface area contributed by atoms with Gasteiger partial charge in [0, 0.05) is 19.6 Å². The molecule has 0 fully saturated rings. The first-order valence-electron chi connectivity index (χ1n) is 6.83. The summed E-state index contributed by atoms with van der Waals surface area (Å²) in [5.41, 5.74) is 1.33. The zero-order valence-corrected chi connectivity index (χ0v) is 11.1. The highest BCUT2D eigenvalue weighted by Crippen LogP contribution is 2.28. The molecule has 0 bridgehead atoms. The number of aliphatic hydroxyl groups excluding tert-OH is 1. The van der Waals surface area contributed by atoms with Crippen molar-refractivity contribution in [1.29, 1.82) is 0 Å². The van der Waals surface area contributed by atoms with Gasteiger partial charge in [-0.15, -0.1) is 0 Å². The Morgan fingerprint density at radius 1 is 1.28 bits per heavy atom. The molecule has 1 heterocycles. The Kier molecular flexibility index (Phi) is 5.02. The quantitative estimate of drug-likeness (QED) is 0.751. The third kappa shape index (κ3) is 3.72. The fourth-order valence-electron chi connectivity index (χ4n) is 2.46. The fraction of sp³-hybridized carbons (Fsp3) is 0.600. The summed E-state index contributed by atoms with van der Waals surface area (Å²) in [6, 6.07) is 8.30. The number of ether oxygens (including phenoxy) is 1. The van der Waals surface area contributed by atoms with Gasteiger partial charge in [0.05, 0.1) is 0 Å². The molecule has 0 spiro atoms. The second kappa shape index (κ2) is 6.76. The van der Waals surface area contributed by atoms with Gasteiger partial charge >= 0.3 is 0 Å². The van der Waals surface area contributed by atoms with Gasteiger partial charge in [0.1, 0.15) is 11.9 Å². The topological polar surface area (TPSA) is 32.7 Å². The van der Waals surface area contributed by atoms with Gasteiger partial charge in [-0.3, -0.25) is 0 Å². The Hall–Kier alpha value is -1.06. The van der Waals surface area contributed by atoms with Crippen molar-refractivity contribution in [3.8, 4) is 5.75 Å². The van der Waals surface area contributed by atoms with Gasteiger partial charge in [-0.25, -0.2) is 0 Å². The predicted octanol–water partition coefficient (Wildman–Crippen LogP) is 2.08. The molecule has 0 amide bonds. The Labute approximate surface area is 109 Å². The minimum absolute atomic E-state index is 0.297. The van der Waals surface area contributed by atoms with Crippen LogP contribution in [0.3, 0.4) is 0 Å². The lowest BCUT2D eigenvalue weighted by atomic mass is 10.1. The Morgan fingerprint density at radius 3 is 2.89 bits per heavy atom. The van der Waals surface area contributed by atoms with E-state index in [9.17, 15) is 0 Å². The summed E-state index contributed by atoms with van der Waals surface area (Å²) in [5, 5.41) is 8.73. The van der Waals surface area contributed by atoms with E-state index in [1.807, 2.05) is 6.07 Å². The third-order valence-corrected chi connectivity index (χ3v) is 3.43. The maximum absolute atomic E-state index is 8.73. The number of unbranched alkanes of at least 4 members (excludes halogenated alkanes) is 2. The van der Waals surface area contributed by atoms with Crippen molar-refractivity contribution in [3.63, 3.8) is 0 Å². The minimum Gasteiger partial charge on any atom is -0.488 e. The first-order valence-corrected chi connectivity index (χ1v) is 6.83. The van der Waals surface area contributed by atoms with E-state index in [-0.39, 0.29) is 0 Å². The molecule has 100 valence electrons. The van der Waals surface area contributed by atoms with Gasteiger partial charge in [0.2, 0.25) is 0 Å². The molecule has 18 heavy (non-hydrogen) atoms. The molecule has 0 aromatic heterocycles. The van der Waals surface area contributed by atoms with Crippen LogP contribution >= 0.6 is 0 Å². The zero-order valence-electron chi connectivity index (χ0n) is 11.1. The van der Waals surface area contributed by atoms with E-state index in [0.29, 0.717) is 12.7 Å². The van der Waals surface area contributed by atoms with Gasteiger partial charge in [-0.05, 0) is 44.5 Å². The van der Waals surface area contributed by atoms with Crippen LogP contribution in [0, 0.1) is 0 Å². The Balaban J connectivity index is 1.69. The number of rotatable bonds is 7. The first kappa shape index (κ1) is 13.4. The SMILES string of the molecule is CN(CCCCCO)CC1Cc2ccccc2O1. The van der Waals surface area contributed by atoms with E-state index in [2.05, 4.69) is 30.1 Å². The number of benzene rings is 1. The molecule has 1 atom stereocenters. The average molecular weight is 249 g/mol. The Morgan fingerprint density at radius 2 is 2.11 bits per heavy atom. The molecule has 0 saturated carbocycles. The number of hydrogen-bond acceptors (Lipinski definition) is 3. The van der Waals surface area contributed by atoms with Crippen LogP contribution in [0.4, 0.5) is 0 Å². The highest BCUT2D eigenvalue weighted by atomic mass is 16.5. The molecule has 1 unspecified atom stereocenters. The van der Waals surface area contributed by atoms with Gasteiger partial charge < -0.3 is 14.7 Å². The van der Waals surface area contributed by atoms with Crippen molar-refractivity contribution in [1.82, 2.24) is 4.90 Å². The molecule has 3 heteroatoms. The molecule has 1 aliphatic rings. The average Bonchev–Trinajstić information content (AvgIpc) is 2.76. The van der Waals surface area contributed by atoms with Crippen molar-refractivity contribution >= 4 is 0 Å². The minimum atomic E-state index is 0.297. The van der Waals surface area contributed by atoms with Crippen LogP contribution in [-0.2, 0) is 6.42 Å². The van der Waals surface area contributed by atoms with Gasteiger partial charge in [0.25, 0.3) is 0 Å². The van der Waals surface area contributed by atoms with Crippen molar-refractivity contribution in [2.24, 2.45) is 0 Å². The zero-order chi connectivity index (χ0) is 12.8. The summed E-state index contributed by atoms with van der Waals surface area (Å²) in [4.78, 5) is 2.33. The number of nitrogens with zero attached hydrogens (tertiary/aromatic N) is 1. The number of hydrogen-bond donors (Lipinski definition) is 1. The summed E-state index contributed by atoms with van der Waals surface area (Å²) in [6.45, 7) is 2.37. The second-order valence-corrected chi connectivity index (χ2v) is 5.10. The number of aliphatic hydroxyl groups is 1. The van der Waals surface area contributed by atoms with Crippen molar-refractivity contribution in [2.45, 2.75) is 31.8 Å². The maximum Gasteiger partial charge on any atom is 0.123 e. The second-order valence-electron chi connectivity index (χ2n) is 5.10. The van der Waals surface area contributed by atoms with Crippen molar-refractivity contribution < 1.29 is 9.84 Å². The molecule has 0 aliphatic carbocycles. The van der Waals surface area contributed by atoms with Crippen LogP contribution < -0.4 is 4.74 Å². The first-order chi connectivity index (χ1) is 8.79. The van der Waals surface area contributed by atoms with E-state index in [1.54, 1.807) is 0 Å². The molecule has 1 N–H and O–H groups in total. The number of likely N-dealkylation sites (N-methyl/N-ethyl adjacent to an activating group) is 1. The van der Waals surface area contributed by atoms with E-state index in [1.165, 1.54) is 5.56 Å². The van der Waals surface area contributed by atoms with Gasteiger partial charge in [-0.1, -0.05) is 18.2 Å². The van der Waals surface area contributed by atoms with Crippen molar-refractivity contribution in [2.75, 3.05) is 26.7 Å². The monoisotopic (exact) mass is 249 g/mol. The highest BCUT2D eigenvalue weighted by Gasteiger charge is 2.23. The normalized spacial score (nSPS) is 17.8. The van der Waals surface area contributed by atoms with Crippen LogP contribution in [0.5, 0.6) is 5.75 Å². The standard InChI is InChI=1S/C15H23NO2/c1-16(9-5-2-6-10-17)12-14-11-13-7-3-4-8-15(13)18-14/h3-4,7-8,14,17H,2,5-6,9-12H2,1H3. The summed E-state index contributed by atoms with van der Waals surface area (Å²) in [6.07, 6.45) is 4.49. The maximum atomic E-state index is 8.73. The van der Waals surface area contributed by atoms with E-state index in [4.69, 9.17) is 9.84 Å². The molecule has 0 saturated heterocycles. The number of fused-ring (bicyclic) bond motifs is 1.